The Morgan fingerprint density at radius 2 is 1.73 bits per heavy atom. The second-order valence-electron chi connectivity index (χ2n) is 6.34. The number of rotatable bonds is 5. The predicted octanol–water partition coefficient (Wildman–Crippen LogP) is 3.70. The minimum Gasteiger partial charge on any atom is -0.367 e. The molecule has 0 aromatic heterocycles. The summed E-state index contributed by atoms with van der Waals surface area (Å²) in [6, 6.07) is 14.4. The van der Waals surface area contributed by atoms with Crippen molar-refractivity contribution in [1.82, 2.24) is 4.90 Å². The van der Waals surface area contributed by atoms with E-state index < -0.39 is 0 Å². The summed E-state index contributed by atoms with van der Waals surface area (Å²) in [5.41, 5.74) is 1.49. The van der Waals surface area contributed by atoms with Crippen molar-refractivity contribution in [2.45, 2.75) is 17.9 Å². The molecule has 1 unspecified atom stereocenters. The van der Waals surface area contributed by atoms with Gasteiger partial charge in [-0.15, -0.1) is 11.8 Å². The number of hydrogen-bond donors (Lipinski definition) is 1. The first kappa shape index (κ1) is 18.7. The summed E-state index contributed by atoms with van der Waals surface area (Å²) < 4.78 is 14.0. The van der Waals surface area contributed by atoms with Gasteiger partial charge in [0, 0.05) is 31.1 Å². The van der Waals surface area contributed by atoms with Gasteiger partial charge in [0.2, 0.25) is 5.91 Å². The fraction of sp³-hybridized carbons (Fsp3) is 0.350. The van der Waals surface area contributed by atoms with E-state index >= 15 is 0 Å². The average Bonchev–Trinajstić information content (AvgIpc) is 2.68. The molecule has 0 radical (unpaired) electrons. The fourth-order valence-corrected chi connectivity index (χ4v) is 3.76. The number of thioether (sulfide) groups is 1. The van der Waals surface area contributed by atoms with Crippen LogP contribution in [0, 0.1) is 5.82 Å². The van der Waals surface area contributed by atoms with E-state index in [2.05, 4.69) is 10.2 Å². The fourth-order valence-electron chi connectivity index (χ4n) is 3.21. The first-order chi connectivity index (χ1) is 12.6. The highest BCUT2D eigenvalue weighted by molar-refractivity contribution is 7.98. The molecule has 0 aliphatic carbocycles. The lowest BCUT2D eigenvalue weighted by atomic mass is 10.2. The molecule has 1 atom stereocenters. The third kappa shape index (κ3) is 4.19. The van der Waals surface area contributed by atoms with Crippen molar-refractivity contribution < 1.29 is 9.18 Å². The maximum Gasteiger partial charge on any atom is 0.241 e. The van der Waals surface area contributed by atoms with E-state index in [1.165, 1.54) is 6.07 Å². The molecule has 1 saturated heterocycles. The highest BCUT2D eigenvalue weighted by Gasteiger charge is 2.26. The third-order valence-corrected chi connectivity index (χ3v) is 5.60. The summed E-state index contributed by atoms with van der Waals surface area (Å²) in [7, 11) is 0. The van der Waals surface area contributed by atoms with Crippen molar-refractivity contribution in [2.75, 3.05) is 42.7 Å². The average molecular weight is 373 g/mol. The van der Waals surface area contributed by atoms with Crippen molar-refractivity contribution in [3.8, 4) is 0 Å². The Bertz CT molecular complexity index is 762. The molecule has 1 fully saturated rings. The molecule has 1 amide bonds. The minimum absolute atomic E-state index is 0.00848. The zero-order chi connectivity index (χ0) is 18.5. The standard InChI is InChI=1S/C20H24FN3OS/c1-15(20(25)22-17-8-4-6-10-19(17)26-2)23-11-13-24(14-12-23)18-9-5-3-7-16(18)21/h3-10,15H,11-14H2,1-2H3,(H,22,25). The van der Waals surface area contributed by atoms with Crippen LogP contribution in [0.3, 0.4) is 0 Å². The van der Waals surface area contributed by atoms with Crippen molar-refractivity contribution >= 4 is 29.0 Å². The van der Waals surface area contributed by atoms with Gasteiger partial charge in [-0.3, -0.25) is 9.69 Å². The maximum absolute atomic E-state index is 14.0. The van der Waals surface area contributed by atoms with Gasteiger partial charge in [0.25, 0.3) is 0 Å². The first-order valence-corrected chi connectivity index (χ1v) is 10.00. The highest BCUT2D eigenvalue weighted by Crippen LogP contribution is 2.25. The summed E-state index contributed by atoms with van der Waals surface area (Å²) >= 11 is 1.61. The van der Waals surface area contributed by atoms with Crippen molar-refractivity contribution in [1.29, 1.82) is 0 Å². The normalized spacial score (nSPS) is 16.3. The lowest BCUT2D eigenvalue weighted by molar-refractivity contribution is -0.120. The van der Waals surface area contributed by atoms with Crippen LogP contribution in [0.25, 0.3) is 0 Å². The van der Waals surface area contributed by atoms with Gasteiger partial charge in [-0.25, -0.2) is 4.39 Å². The van der Waals surface area contributed by atoms with Crippen LogP contribution >= 0.6 is 11.8 Å². The van der Waals surface area contributed by atoms with Gasteiger partial charge in [0.15, 0.2) is 0 Å². The highest BCUT2D eigenvalue weighted by atomic mass is 32.2. The number of nitrogens with zero attached hydrogens (tertiary/aromatic N) is 2. The molecular weight excluding hydrogens is 349 g/mol. The molecule has 1 N–H and O–H groups in total. The maximum atomic E-state index is 14.0. The Kier molecular flexibility index (Phi) is 6.16. The van der Waals surface area contributed by atoms with E-state index in [9.17, 15) is 9.18 Å². The zero-order valence-electron chi connectivity index (χ0n) is 15.1. The van der Waals surface area contributed by atoms with Gasteiger partial charge in [-0.05, 0) is 37.4 Å². The Morgan fingerprint density at radius 3 is 2.42 bits per heavy atom. The Morgan fingerprint density at radius 1 is 1.08 bits per heavy atom. The summed E-state index contributed by atoms with van der Waals surface area (Å²) in [4.78, 5) is 17.9. The first-order valence-electron chi connectivity index (χ1n) is 8.77. The van der Waals surface area contributed by atoms with Crippen LogP contribution in [0.2, 0.25) is 0 Å². The number of amides is 1. The molecule has 0 bridgehead atoms. The SMILES string of the molecule is CSc1ccccc1NC(=O)C(C)N1CCN(c2ccccc2F)CC1. The van der Waals surface area contributed by atoms with Crippen molar-refractivity contribution in [3.05, 3.63) is 54.3 Å². The van der Waals surface area contributed by atoms with E-state index in [4.69, 9.17) is 0 Å². The molecular formula is C20H24FN3OS. The van der Waals surface area contributed by atoms with Crippen LogP contribution in [0.1, 0.15) is 6.92 Å². The van der Waals surface area contributed by atoms with E-state index in [0.717, 1.165) is 23.7 Å². The molecule has 2 aromatic carbocycles. The topological polar surface area (TPSA) is 35.6 Å². The number of halogens is 1. The van der Waals surface area contributed by atoms with Gasteiger partial charge in [-0.2, -0.15) is 0 Å². The Labute approximate surface area is 158 Å². The molecule has 0 spiro atoms. The van der Waals surface area contributed by atoms with E-state index in [1.54, 1.807) is 23.9 Å². The minimum atomic E-state index is -0.229. The molecule has 0 saturated carbocycles. The smallest absolute Gasteiger partial charge is 0.241 e. The lowest BCUT2D eigenvalue weighted by Crippen LogP contribution is -2.53. The Hall–Kier alpha value is -2.05. The number of para-hydroxylation sites is 2. The van der Waals surface area contributed by atoms with Gasteiger partial charge >= 0.3 is 0 Å². The monoisotopic (exact) mass is 373 g/mol. The molecule has 2 aromatic rings. The van der Waals surface area contributed by atoms with Gasteiger partial charge in [0.05, 0.1) is 17.4 Å². The number of carbonyl (C=O) groups excluding carboxylic acids is 1. The molecule has 26 heavy (non-hydrogen) atoms. The van der Waals surface area contributed by atoms with Crippen molar-refractivity contribution in [3.63, 3.8) is 0 Å². The van der Waals surface area contributed by atoms with E-state index in [0.29, 0.717) is 18.8 Å². The second-order valence-corrected chi connectivity index (χ2v) is 7.19. The molecule has 1 aliphatic heterocycles. The van der Waals surface area contributed by atoms with E-state index in [-0.39, 0.29) is 17.8 Å². The van der Waals surface area contributed by atoms with Gasteiger partial charge in [-0.1, -0.05) is 24.3 Å². The predicted molar refractivity (Wildman–Crippen MR) is 107 cm³/mol. The van der Waals surface area contributed by atoms with Crippen LogP contribution in [-0.2, 0) is 4.79 Å². The molecule has 3 rings (SSSR count). The molecule has 6 heteroatoms. The van der Waals surface area contributed by atoms with Gasteiger partial charge in [0.1, 0.15) is 5.82 Å². The number of nitrogens with one attached hydrogen (secondary N) is 1. The number of anilines is 2. The molecule has 4 nitrogen and oxygen atoms in total. The molecule has 1 aliphatic rings. The van der Waals surface area contributed by atoms with Gasteiger partial charge < -0.3 is 10.2 Å². The molecule has 1 heterocycles. The van der Waals surface area contributed by atoms with Crippen LogP contribution < -0.4 is 10.2 Å². The summed E-state index contributed by atoms with van der Waals surface area (Å²) in [5, 5.41) is 3.04. The second kappa shape index (κ2) is 8.56. The van der Waals surface area contributed by atoms with Crippen LogP contribution in [0.5, 0.6) is 0 Å². The Balaban J connectivity index is 1.59. The summed E-state index contributed by atoms with van der Waals surface area (Å²) in [6.07, 6.45) is 2.00. The van der Waals surface area contributed by atoms with Crippen molar-refractivity contribution in [2.24, 2.45) is 0 Å². The number of hydrogen-bond acceptors (Lipinski definition) is 4. The number of carbonyl (C=O) groups is 1. The lowest BCUT2D eigenvalue weighted by Gasteiger charge is -2.38. The third-order valence-electron chi connectivity index (χ3n) is 4.80. The quantitative estimate of drug-likeness (QED) is 0.811. The van der Waals surface area contributed by atoms with Crippen LogP contribution in [0.15, 0.2) is 53.4 Å². The summed E-state index contributed by atoms with van der Waals surface area (Å²) in [5.74, 6) is -0.203. The van der Waals surface area contributed by atoms with Crippen LogP contribution in [-0.4, -0.2) is 49.3 Å². The van der Waals surface area contributed by atoms with Crippen LogP contribution in [0.4, 0.5) is 15.8 Å². The molecule has 138 valence electrons. The largest absolute Gasteiger partial charge is 0.367 e. The number of piperazine rings is 1. The number of benzene rings is 2. The summed E-state index contributed by atoms with van der Waals surface area (Å²) in [6.45, 7) is 4.80. The zero-order valence-corrected chi connectivity index (χ0v) is 15.9. The van der Waals surface area contributed by atoms with E-state index in [1.807, 2.05) is 48.4 Å².